The Labute approximate surface area is 161 Å². The number of β-lactam (4-membered cyclic amide) rings is 1. The number of aliphatic carboxylic acids is 1. The Kier molecular flexibility index (Phi) is 6.11. The normalized spacial score (nSPS) is 23.8. The first-order valence-electron chi connectivity index (χ1n) is 9.48. The molecule has 3 rings (SSSR count). The molecule has 1 aromatic rings. The molecule has 0 bridgehead atoms. The number of halogens is 1. The van der Waals surface area contributed by atoms with Crippen molar-refractivity contribution < 1.29 is 29.0 Å². The topological polar surface area (TPSA) is 120 Å². The Morgan fingerprint density at radius 1 is 1.32 bits per heavy atom. The lowest BCUT2D eigenvalue weighted by Crippen LogP contribution is -2.69. The van der Waals surface area contributed by atoms with Crippen molar-refractivity contribution in [2.75, 3.05) is 6.67 Å². The molecule has 2 fully saturated rings. The number of aromatic hydroxyl groups is 1. The minimum absolute atomic E-state index is 0.00190. The number of likely N-dealkylation sites (tertiary alicyclic amines) is 1. The van der Waals surface area contributed by atoms with Crippen molar-refractivity contribution >= 4 is 17.9 Å². The molecule has 2 aliphatic rings. The van der Waals surface area contributed by atoms with E-state index < -0.39 is 42.6 Å². The van der Waals surface area contributed by atoms with Crippen LogP contribution in [0.25, 0.3) is 0 Å². The summed E-state index contributed by atoms with van der Waals surface area (Å²) in [6.07, 6.45) is 6.05. The van der Waals surface area contributed by atoms with Crippen molar-refractivity contribution in [1.29, 1.82) is 0 Å². The summed E-state index contributed by atoms with van der Waals surface area (Å²) in [5, 5.41) is 21.5. The number of imide groups is 1. The zero-order chi connectivity index (χ0) is 20.3. The third-order valence-corrected chi connectivity index (χ3v) is 5.65. The fourth-order valence-corrected chi connectivity index (χ4v) is 4.15. The van der Waals surface area contributed by atoms with E-state index in [-0.39, 0.29) is 18.2 Å². The van der Waals surface area contributed by atoms with Crippen LogP contribution in [0.2, 0.25) is 0 Å². The molecule has 9 heteroatoms. The summed E-state index contributed by atoms with van der Waals surface area (Å²) >= 11 is 0. The molecule has 8 nitrogen and oxygen atoms in total. The fourth-order valence-electron chi connectivity index (χ4n) is 4.15. The molecule has 1 aliphatic heterocycles. The molecule has 1 saturated carbocycles. The molecule has 28 heavy (non-hydrogen) atoms. The van der Waals surface area contributed by atoms with Gasteiger partial charge in [-0.2, -0.15) is 0 Å². The van der Waals surface area contributed by atoms with Crippen molar-refractivity contribution in [3.05, 3.63) is 23.9 Å². The number of aromatic nitrogens is 1. The maximum absolute atomic E-state index is 13.5. The summed E-state index contributed by atoms with van der Waals surface area (Å²) in [6, 6.07) is 0.00802. The van der Waals surface area contributed by atoms with Gasteiger partial charge in [0.15, 0.2) is 6.04 Å². The van der Waals surface area contributed by atoms with E-state index in [1.165, 1.54) is 12.3 Å². The van der Waals surface area contributed by atoms with Gasteiger partial charge in [-0.25, -0.2) is 23.9 Å². The largest absolute Gasteiger partial charge is 0.493 e. The first-order valence-corrected chi connectivity index (χ1v) is 9.48. The number of carbonyl (C=O) groups excluding carboxylic acids is 2. The second kappa shape index (κ2) is 8.53. The van der Waals surface area contributed by atoms with Crippen LogP contribution in [-0.2, 0) is 16.0 Å². The molecule has 0 spiro atoms. The molecule has 3 N–H and O–H groups in total. The molecule has 1 saturated heterocycles. The van der Waals surface area contributed by atoms with Crippen molar-refractivity contribution in [1.82, 2.24) is 15.2 Å². The average molecular weight is 393 g/mol. The van der Waals surface area contributed by atoms with Crippen LogP contribution in [0.4, 0.5) is 9.18 Å². The van der Waals surface area contributed by atoms with Gasteiger partial charge in [0, 0.05) is 12.3 Å². The van der Waals surface area contributed by atoms with Crippen molar-refractivity contribution in [3.63, 3.8) is 0 Å². The molecule has 2 heterocycles. The standard InChI is InChI=1S/C19H24FN3O5/c20-10-14(12-4-2-1-3-5-12)22-19(28)23-16(18(26)27)13(17(23)25)8-11-6-7-21-15(24)9-11/h6-7,9,12-14,16H,1-5,8,10H2,(H,21,24)(H,22,28)(H,26,27)/t13-,14-,16+/m1/s1. The van der Waals surface area contributed by atoms with Gasteiger partial charge >= 0.3 is 12.0 Å². The number of hydrogen-bond acceptors (Lipinski definition) is 5. The van der Waals surface area contributed by atoms with E-state index in [0.29, 0.717) is 10.5 Å². The van der Waals surface area contributed by atoms with Gasteiger partial charge in [0.25, 0.3) is 0 Å². The molecule has 3 amide bonds. The van der Waals surface area contributed by atoms with E-state index in [4.69, 9.17) is 0 Å². The third kappa shape index (κ3) is 4.07. The molecule has 1 aliphatic carbocycles. The second-order valence-corrected chi connectivity index (χ2v) is 7.43. The Morgan fingerprint density at radius 2 is 2.04 bits per heavy atom. The zero-order valence-corrected chi connectivity index (χ0v) is 15.4. The molecule has 0 aromatic carbocycles. The third-order valence-electron chi connectivity index (χ3n) is 5.65. The maximum Gasteiger partial charge on any atom is 0.327 e. The quantitative estimate of drug-likeness (QED) is 0.635. The predicted octanol–water partition coefficient (Wildman–Crippen LogP) is 1.87. The number of carboxylic acid groups (broad SMARTS) is 1. The average Bonchev–Trinajstić information content (AvgIpc) is 2.68. The number of nitrogens with zero attached hydrogens (tertiary/aromatic N) is 2. The van der Waals surface area contributed by atoms with Gasteiger partial charge in [0.05, 0.1) is 12.0 Å². The number of amides is 3. The Hall–Kier alpha value is -2.71. The van der Waals surface area contributed by atoms with Crippen LogP contribution in [0.5, 0.6) is 5.88 Å². The van der Waals surface area contributed by atoms with Gasteiger partial charge in [-0.05, 0) is 36.8 Å². The zero-order valence-electron chi connectivity index (χ0n) is 15.4. The number of pyridine rings is 1. The monoisotopic (exact) mass is 393 g/mol. The summed E-state index contributed by atoms with van der Waals surface area (Å²) in [7, 11) is 0. The summed E-state index contributed by atoms with van der Waals surface area (Å²) < 4.78 is 13.5. The van der Waals surface area contributed by atoms with Crippen LogP contribution < -0.4 is 5.32 Å². The van der Waals surface area contributed by atoms with E-state index >= 15 is 0 Å². The van der Waals surface area contributed by atoms with Crippen LogP contribution in [-0.4, -0.2) is 56.8 Å². The fraction of sp³-hybridized carbons (Fsp3) is 0.579. The van der Waals surface area contributed by atoms with E-state index in [1.54, 1.807) is 6.07 Å². The van der Waals surface area contributed by atoms with E-state index in [0.717, 1.165) is 32.1 Å². The predicted molar refractivity (Wildman–Crippen MR) is 96.2 cm³/mol. The molecule has 1 aromatic heterocycles. The molecule has 3 atom stereocenters. The highest BCUT2D eigenvalue weighted by Gasteiger charge is 2.55. The van der Waals surface area contributed by atoms with Gasteiger partial charge in [-0.15, -0.1) is 0 Å². The molecule has 0 radical (unpaired) electrons. The highest BCUT2D eigenvalue weighted by molar-refractivity contribution is 6.07. The Bertz CT molecular complexity index is 753. The highest BCUT2D eigenvalue weighted by Crippen LogP contribution is 2.32. The summed E-state index contributed by atoms with van der Waals surface area (Å²) in [5.41, 5.74) is 0.543. The van der Waals surface area contributed by atoms with Gasteiger partial charge in [0.2, 0.25) is 11.8 Å². The summed E-state index contributed by atoms with van der Waals surface area (Å²) in [6.45, 7) is -0.754. The number of nitrogens with one attached hydrogen (secondary N) is 1. The number of alkyl halides is 1. The highest BCUT2D eigenvalue weighted by atomic mass is 19.1. The molecular weight excluding hydrogens is 369 g/mol. The van der Waals surface area contributed by atoms with Crippen molar-refractivity contribution in [2.24, 2.45) is 11.8 Å². The Balaban J connectivity index is 1.67. The summed E-state index contributed by atoms with van der Waals surface area (Å²) in [4.78, 5) is 41.0. The van der Waals surface area contributed by atoms with Gasteiger partial charge in [0.1, 0.15) is 6.67 Å². The second-order valence-electron chi connectivity index (χ2n) is 7.43. The first-order chi connectivity index (χ1) is 13.4. The molecule has 0 unspecified atom stereocenters. The molecule has 152 valence electrons. The van der Waals surface area contributed by atoms with Gasteiger partial charge in [-0.1, -0.05) is 19.3 Å². The number of carbonyl (C=O) groups is 3. The van der Waals surface area contributed by atoms with Crippen molar-refractivity contribution in [2.45, 2.75) is 50.6 Å². The lowest BCUT2D eigenvalue weighted by Gasteiger charge is -2.43. The van der Waals surface area contributed by atoms with E-state index in [9.17, 15) is 29.0 Å². The van der Waals surface area contributed by atoms with E-state index in [1.807, 2.05) is 0 Å². The SMILES string of the molecule is O=C(O)[C@@H]1[C@@H](Cc2ccnc(O)c2)C(=O)N1C(=O)N[C@H](CF)C1CCCCC1. The lowest BCUT2D eigenvalue weighted by molar-refractivity contribution is -0.165. The number of carboxylic acids is 1. The van der Waals surface area contributed by atoms with Crippen LogP contribution in [0.15, 0.2) is 18.3 Å². The number of hydrogen-bond donors (Lipinski definition) is 3. The lowest BCUT2D eigenvalue weighted by atomic mass is 9.82. The van der Waals surface area contributed by atoms with Crippen LogP contribution >= 0.6 is 0 Å². The van der Waals surface area contributed by atoms with Gasteiger partial charge in [-0.3, -0.25) is 4.79 Å². The number of urea groups is 1. The first kappa shape index (κ1) is 20.0. The number of rotatable bonds is 6. The van der Waals surface area contributed by atoms with Crippen molar-refractivity contribution in [3.8, 4) is 5.88 Å². The minimum Gasteiger partial charge on any atom is -0.493 e. The van der Waals surface area contributed by atoms with Gasteiger partial charge < -0.3 is 15.5 Å². The minimum atomic E-state index is -1.32. The van der Waals surface area contributed by atoms with Crippen LogP contribution in [0, 0.1) is 11.8 Å². The Morgan fingerprint density at radius 3 is 2.64 bits per heavy atom. The molecular formula is C19H24FN3O5. The van der Waals surface area contributed by atoms with E-state index in [2.05, 4.69) is 10.3 Å². The van der Waals surface area contributed by atoms with Crippen LogP contribution in [0.1, 0.15) is 37.7 Å². The van der Waals surface area contributed by atoms with Crippen LogP contribution in [0.3, 0.4) is 0 Å². The maximum atomic E-state index is 13.5. The summed E-state index contributed by atoms with van der Waals surface area (Å²) in [5.74, 6) is -3.08. The smallest absolute Gasteiger partial charge is 0.327 e.